The van der Waals surface area contributed by atoms with E-state index in [4.69, 9.17) is 4.42 Å². The summed E-state index contributed by atoms with van der Waals surface area (Å²) in [5, 5.41) is 0. The number of aromatic nitrogens is 1. The van der Waals surface area contributed by atoms with Crippen molar-refractivity contribution in [2.24, 2.45) is 0 Å². The monoisotopic (exact) mass is 457 g/mol. The van der Waals surface area contributed by atoms with Crippen LogP contribution >= 0.6 is 0 Å². The number of benzene rings is 2. The summed E-state index contributed by atoms with van der Waals surface area (Å²) in [7, 11) is -3.43. The Morgan fingerprint density at radius 3 is 2.41 bits per heavy atom. The Morgan fingerprint density at radius 2 is 1.69 bits per heavy atom. The van der Waals surface area contributed by atoms with Crippen molar-refractivity contribution < 1.29 is 22.0 Å². The first kappa shape index (κ1) is 22.2. The van der Waals surface area contributed by atoms with Crippen molar-refractivity contribution in [3.63, 3.8) is 0 Å². The lowest BCUT2D eigenvalue weighted by atomic mass is 10.2. The van der Waals surface area contributed by atoms with Crippen molar-refractivity contribution in [1.29, 1.82) is 0 Å². The van der Waals surface area contributed by atoms with E-state index in [1.54, 1.807) is 35.2 Å². The molecule has 4 rings (SSSR count). The second-order valence-corrected chi connectivity index (χ2v) is 9.59. The third-order valence-corrected chi connectivity index (χ3v) is 7.27. The van der Waals surface area contributed by atoms with E-state index < -0.39 is 15.8 Å². The molecule has 0 N–H and O–H groups in total. The normalized spacial score (nSPS) is 15.1. The topological polar surface area (TPSA) is 83.7 Å². The van der Waals surface area contributed by atoms with Crippen LogP contribution in [0.4, 0.5) is 4.39 Å². The summed E-state index contributed by atoms with van der Waals surface area (Å²) in [5.41, 5.74) is 1.07. The quantitative estimate of drug-likeness (QED) is 0.545. The Morgan fingerprint density at radius 1 is 1.00 bits per heavy atom. The predicted octanol–water partition coefficient (Wildman–Crippen LogP) is 3.09. The molecule has 0 saturated carbocycles. The Kier molecular flexibility index (Phi) is 6.66. The molecule has 0 spiro atoms. The van der Waals surface area contributed by atoms with Crippen LogP contribution in [0.1, 0.15) is 17.9 Å². The van der Waals surface area contributed by atoms with E-state index in [-0.39, 0.29) is 31.2 Å². The molecular weight excluding hydrogens is 433 g/mol. The van der Waals surface area contributed by atoms with E-state index in [1.165, 1.54) is 16.6 Å². The number of hydrogen-bond donors (Lipinski definition) is 0. The number of amides is 1. The van der Waals surface area contributed by atoms with Gasteiger partial charge >= 0.3 is 0 Å². The lowest BCUT2D eigenvalue weighted by Gasteiger charge is -2.34. The molecule has 2 aromatic carbocycles. The third kappa shape index (κ3) is 5.23. The van der Waals surface area contributed by atoms with Crippen LogP contribution in [0.5, 0.6) is 0 Å². The van der Waals surface area contributed by atoms with Crippen LogP contribution in [0.25, 0.3) is 11.3 Å². The standard InChI is InChI=1S/C23H24FN3O4S/c24-20-9-5-4-8-19(20)21-16-25-22(31-21)10-11-23(28)26-12-14-27(15-13-26)32(29,30)17-18-6-2-1-3-7-18/h1-9,16H,10-15,17H2. The fraction of sp³-hybridized carbons (Fsp3) is 0.304. The molecule has 1 aliphatic rings. The SMILES string of the molecule is O=C(CCc1ncc(-c2ccccc2F)o1)N1CCN(S(=O)(=O)Cc2ccccc2)CC1. The zero-order chi connectivity index (χ0) is 22.6. The number of rotatable bonds is 7. The summed E-state index contributed by atoms with van der Waals surface area (Å²) in [4.78, 5) is 18.4. The van der Waals surface area contributed by atoms with Gasteiger partial charge in [-0.2, -0.15) is 4.31 Å². The zero-order valence-electron chi connectivity index (χ0n) is 17.5. The van der Waals surface area contributed by atoms with Gasteiger partial charge in [0.25, 0.3) is 0 Å². The molecule has 7 nitrogen and oxygen atoms in total. The fourth-order valence-electron chi connectivity index (χ4n) is 3.68. The molecule has 0 atom stereocenters. The second-order valence-electron chi connectivity index (χ2n) is 7.62. The maximum Gasteiger partial charge on any atom is 0.223 e. The van der Waals surface area contributed by atoms with Crippen molar-refractivity contribution in [3.8, 4) is 11.3 Å². The molecule has 0 radical (unpaired) electrons. The lowest BCUT2D eigenvalue weighted by Crippen LogP contribution is -2.50. The molecule has 1 fully saturated rings. The number of carbonyl (C=O) groups excluding carboxylic acids is 1. The number of aryl methyl sites for hydroxylation is 1. The first-order valence-corrected chi connectivity index (χ1v) is 12.0. The molecule has 0 aliphatic carbocycles. The lowest BCUT2D eigenvalue weighted by molar-refractivity contribution is -0.132. The van der Waals surface area contributed by atoms with Crippen LogP contribution in [0.15, 0.2) is 65.2 Å². The average Bonchev–Trinajstić information content (AvgIpc) is 3.27. The van der Waals surface area contributed by atoms with Gasteiger partial charge in [0.05, 0.1) is 17.5 Å². The number of oxazole rings is 1. The van der Waals surface area contributed by atoms with Gasteiger partial charge in [-0.05, 0) is 17.7 Å². The summed E-state index contributed by atoms with van der Waals surface area (Å²) in [6, 6.07) is 15.3. The molecule has 1 aromatic heterocycles. The fourth-order valence-corrected chi connectivity index (χ4v) is 5.19. The first-order chi connectivity index (χ1) is 15.4. The number of nitrogens with zero attached hydrogens (tertiary/aromatic N) is 3. The van der Waals surface area contributed by atoms with Gasteiger partial charge < -0.3 is 9.32 Å². The molecule has 2 heterocycles. The van der Waals surface area contributed by atoms with Gasteiger partial charge in [-0.1, -0.05) is 42.5 Å². The molecule has 0 bridgehead atoms. The van der Waals surface area contributed by atoms with Gasteiger partial charge in [0.2, 0.25) is 15.9 Å². The summed E-state index contributed by atoms with van der Waals surface area (Å²) < 4.78 is 46.2. The van der Waals surface area contributed by atoms with Crippen LogP contribution in [0.3, 0.4) is 0 Å². The van der Waals surface area contributed by atoms with Crippen molar-refractivity contribution >= 4 is 15.9 Å². The van der Waals surface area contributed by atoms with Gasteiger partial charge in [0, 0.05) is 39.0 Å². The Bertz CT molecular complexity index is 1170. The smallest absolute Gasteiger partial charge is 0.223 e. The number of halogens is 1. The summed E-state index contributed by atoms with van der Waals surface area (Å²) in [5.74, 6) is 0.154. The van der Waals surface area contributed by atoms with Gasteiger partial charge in [-0.25, -0.2) is 17.8 Å². The highest BCUT2D eigenvalue weighted by Gasteiger charge is 2.29. The Labute approximate surface area is 186 Å². The number of hydrogen-bond acceptors (Lipinski definition) is 5. The van der Waals surface area contributed by atoms with E-state index in [1.807, 2.05) is 18.2 Å². The van der Waals surface area contributed by atoms with E-state index in [2.05, 4.69) is 4.98 Å². The molecule has 32 heavy (non-hydrogen) atoms. The summed E-state index contributed by atoms with van der Waals surface area (Å²) in [6.45, 7) is 1.24. The highest BCUT2D eigenvalue weighted by molar-refractivity contribution is 7.88. The maximum atomic E-state index is 13.9. The van der Waals surface area contributed by atoms with Gasteiger partial charge in [-0.3, -0.25) is 4.79 Å². The molecule has 1 amide bonds. The van der Waals surface area contributed by atoms with E-state index in [0.29, 0.717) is 36.7 Å². The van der Waals surface area contributed by atoms with Crippen LogP contribution in [-0.2, 0) is 27.0 Å². The van der Waals surface area contributed by atoms with Gasteiger partial charge in [-0.15, -0.1) is 0 Å². The minimum atomic E-state index is -3.43. The minimum absolute atomic E-state index is 0.0453. The van der Waals surface area contributed by atoms with Crippen molar-refractivity contribution in [2.75, 3.05) is 26.2 Å². The van der Waals surface area contributed by atoms with Gasteiger partial charge in [0.1, 0.15) is 5.82 Å². The van der Waals surface area contributed by atoms with Crippen LogP contribution in [-0.4, -0.2) is 54.7 Å². The van der Waals surface area contributed by atoms with Crippen molar-refractivity contribution in [2.45, 2.75) is 18.6 Å². The number of sulfonamides is 1. The molecule has 0 unspecified atom stereocenters. The van der Waals surface area contributed by atoms with Crippen molar-refractivity contribution in [3.05, 3.63) is 78.1 Å². The van der Waals surface area contributed by atoms with Crippen LogP contribution < -0.4 is 0 Å². The first-order valence-electron chi connectivity index (χ1n) is 10.4. The molecule has 168 valence electrons. The van der Waals surface area contributed by atoms with Gasteiger partial charge in [0.15, 0.2) is 11.7 Å². The zero-order valence-corrected chi connectivity index (χ0v) is 18.3. The summed E-state index contributed by atoms with van der Waals surface area (Å²) >= 11 is 0. The minimum Gasteiger partial charge on any atom is -0.441 e. The highest BCUT2D eigenvalue weighted by atomic mass is 32.2. The summed E-state index contributed by atoms with van der Waals surface area (Å²) in [6.07, 6.45) is 1.93. The molecule has 9 heteroatoms. The highest BCUT2D eigenvalue weighted by Crippen LogP contribution is 2.23. The largest absolute Gasteiger partial charge is 0.441 e. The van der Waals surface area contributed by atoms with E-state index in [0.717, 1.165) is 5.56 Å². The Hall–Kier alpha value is -3.04. The maximum absolute atomic E-state index is 13.9. The molecular formula is C23H24FN3O4S. The molecule has 1 saturated heterocycles. The Balaban J connectivity index is 1.28. The molecule has 1 aliphatic heterocycles. The van der Waals surface area contributed by atoms with E-state index >= 15 is 0 Å². The van der Waals surface area contributed by atoms with Crippen molar-refractivity contribution in [1.82, 2.24) is 14.2 Å². The number of piperazine rings is 1. The second kappa shape index (κ2) is 9.62. The third-order valence-electron chi connectivity index (χ3n) is 5.42. The molecule has 3 aromatic rings. The predicted molar refractivity (Wildman–Crippen MR) is 117 cm³/mol. The van der Waals surface area contributed by atoms with Crippen LogP contribution in [0.2, 0.25) is 0 Å². The van der Waals surface area contributed by atoms with E-state index in [9.17, 15) is 17.6 Å². The number of carbonyl (C=O) groups is 1. The van der Waals surface area contributed by atoms with Crippen LogP contribution in [0, 0.1) is 5.82 Å². The average molecular weight is 458 g/mol.